The Morgan fingerprint density at radius 1 is 1.06 bits per heavy atom. The zero-order valence-electron chi connectivity index (χ0n) is 18.9. The zero-order valence-corrected chi connectivity index (χ0v) is 19.7. The molecule has 2 aromatic carbocycles. The van der Waals surface area contributed by atoms with Crippen LogP contribution in [0.3, 0.4) is 0 Å². The van der Waals surface area contributed by atoms with E-state index >= 15 is 0 Å². The molecule has 33 heavy (non-hydrogen) atoms. The number of benzene rings is 2. The van der Waals surface area contributed by atoms with Gasteiger partial charge in [0.25, 0.3) is 0 Å². The van der Waals surface area contributed by atoms with Gasteiger partial charge in [-0.1, -0.05) is 19.1 Å². The molecule has 0 bridgehead atoms. The van der Waals surface area contributed by atoms with E-state index in [1.165, 1.54) is 10.6 Å². The number of aromatic nitrogens is 2. The van der Waals surface area contributed by atoms with Crippen LogP contribution in [0.2, 0.25) is 0 Å². The van der Waals surface area contributed by atoms with Crippen molar-refractivity contribution in [1.82, 2.24) is 14.3 Å². The average Bonchev–Trinajstić information content (AvgIpc) is 2.81. The van der Waals surface area contributed by atoms with Gasteiger partial charge in [-0.2, -0.15) is 4.31 Å². The first-order valence-electron chi connectivity index (χ1n) is 11.1. The van der Waals surface area contributed by atoms with Gasteiger partial charge in [0, 0.05) is 25.5 Å². The van der Waals surface area contributed by atoms with Gasteiger partial charge in [0.1, 0.15) is 11.6 Å². The molecule has 0 spiro atoms. The van der Waals surface area contributed by atoms with Crippen molar-refractivity contribution in [1.29, 1.82) is 0 Å². The normalized spacial score (nSPS) is 14.2. The number of aryl methyl sites for hydroxylation is 2. The molecule has 0 saturated heterocycles. The predicted molar refractivity (Wildman–Crippen MR) is 126 cm³/mol. The third-order valence-electron chi connectivity index (χ3n) is 5.89. The lowest BCUT2D eigenvalue weighted by molar-refractivity contribution is 0.309. The van der Waals surface area contributed by atoms with Gasteiger partial charge in [-0.15, -0.1) is 0 Å². The molecule has 0 fully saturated rings. The molecule has 0 unspecified atom stereocenters. The fourth-order valence-corrected chi connectivity index (χ4v) is 4.71. The van der Waals surface area contributed by atoms with E-state index in [4.69, 9.17) is 4.74 Å². The predicted octanol–water partition coefficient (Wildman–Crippen LogP) is 4.17. The first-order valence-corrected chi connectivity index (χ1v) is 13.0. The highest BCUT2D eigenvalue weighted by atomic mass is 32.2. The van der Waals surface area contributed by atoms with Crippen LogP contribution in [0.1, 0.15) is 35.6 Å². The van der Waals surface area contributed by atoms with Crippen LogP contribution in [-0.4, -0.2) is 42.1 Å². The number of hydrogen-bond donors (Lipinski definition) is 0. The molecule has 8 heteroatoms. The highest BCUT2D eigenvalue weighted by Crippen LogP contribution is 2.25. The summed E-state index contributed by atoms with van der Waals surface area (Å²) in [4.78, 5) is 8.52. The molecule has 0 atom stereocenters. The highest BCUT2D eigenvalue weighted by Gasteiger charge is 2.23. The molecule has 3 aromatic rings. The van der Waals surface area contributed by atoms with Crippen LogP contribution in [0.4, 0.5) is 4.39 Å². The van der Waals surface area contributed by atoms with Crippen molar-refractivity contribution in [3.05, 3.63) is 76.9 Å². The third-order valence-corrected chi connectivity index (χ3v) is 7.14. The second-order valence-electron chi connectivity index (χ2n) is 8.31. The largest absolute Gasteiger partial charge is 0.494 e. The Balaban J connectivity index is 1.30. The van der Waals surface area contributed by atoms with Crippen LogP contribution in [0.15, 0.2) is 48.8 Å². The Labute approximate surface area is 194 Å². The number of sulfonamides is 1. The van der Waals surface area contributed by atoms with E-state index in [9.17, 15) is 12.8 Å². The SMILES string of the molecule is CCc1cnc(-c2ccc(CCCOc3ccc4c(c3)CCN(S(C)(=O)=O)C4)cc2F)nc1. The Bertz CT molecular complexity index is 1230. The van der Waals surface area contributed by atoms with Crippen LogP contribution >= 0.6 is 0 Å². The zero-order chi connectivity index (χ0) is 23.4. The van der Waals surface area contributed by atoms with E-state index in [0.717, 1.165) is 40.8 Å². The minimum atomic E-state index is -3.18. The van der Waals surface area contributed by atoms with Crippen molar-refractivity contribution in [3.8, 4) is 17.1 Å². The van der Waals surface area contributed by atoms with E-state index in [1.54, 1.807) is 24.5 Å². The van der Waals surface area contributed by atoms with Crippen molar-refractivity contribution in [2.24, 2.45) is 0 Å². The molecule has 0 saturated carbocycles. The fourth-order valence-electron chi connectivity index (χ4n) is 3.91. The van der Waals surface area contributed by atoms with Crippen LogP contribution in [0.25, 0.3) is 11.4 Å². The van der Waals surface area contributed by atoms with E-state index in [2.05, 4.69) is 9.97 Å². The molecule has 0 N–H and O–H groups in total. The molecular formula is C25H28FN3O3S. The maximum atomic E-state index is 14.6. The third kappa shape index (κ3) is 5.75. The van der Waals surface area contributed by atoms with Gasteiger partial charge in [0.05, 0.1) is 18.4 Å². The second kappa shape index (κ2) is 9.97. The highest BCUT2D eigenvalue weighted by molar-refractivity contribution is 7.88. The van der Waals surface area contributed by atoms with E-state index in [1.807, 2.05) is 31.2 Å². The summed E-state index contributed by atoms with van der Waals surface area (Å²) < 4.78 is 45.5. The molecular weight excluding hydrogens is 441 g/mol. The number of nitrogens with zero attached hydrogens (tertiary/aromatic N) is 3. The van der Waals surface area contributed by atoms with Gasteiger partial charge in [0.15, 0.2) is 5.82 Å². The summed E-state index contributed by atoms with van der Waals surface area (Å²) in [6, 6.07) is 11.0. The van der Waals surface area contributed by atoms with E-state index in [0.29, 0.717) is 43.9 Å². The Morgan fingerprint density at radius 3 is 2.55 bits per heavy atom. The van der Waals surface area contributed by atoms with Gasteiger partial charge in [-0.25, -0.2) is 22.8 Å². The van der Waals surface area contributed by atoms with Crippen LogP contribution < -0.4 is 4.74 Å². The minimum Gasteiger partial charge on any atom is -0.494 e. The molecule has 1 aromatic heterocycles. The van der Waals surface area contributed by atoms with Crippen molar-refractivity contribution < 1.29 is 17.5 Å². The van der Waals surface area contributed by atoms with Crippen molar-refractivity contribution in [2.75, 3.05) is 19.4 Å². The standard InChI is InChI=1S/C25H28FN3O3S/c1-3-18-15-27-25(28-16-18)23-9-6-19(13-24(23)26)5-4-12-32-22-8-7-21-17-29(33(2,30)31)11-10-20(21)14-22/h6-9,13-16H,3-5,10-12,17H2,1-2H3. The van der Waals surface area contributed by atoms with Gasteiger partial charge < -0.3 is 4.74 Å². The smallest absolute Gasteiger partial charge is 0.211 e. The number of fused-ring (bicyclic) bond motifs is 1. The Morgan fingerprint density at radius 2 is 1.85 bits per heavy atom. The monoisotopic (exact) mass is 469 g/mol. The maximum Gasteiger partial charge on any atom is 0.211 e. The topological polar surface area (TPSA) is 72.4 Å². The Hall–Kier alpha value is -2.84. The molecule has 0 amide bonds. The fraction of sp³-hybridized carbons (Fsp3) is 0.360. The van der Waals surface area contributed by atoms with Gasteiger partial charge >= 0.3 is 0 Å². The second-order valence-corrected chi connectivity index (χ2v) is 10.3. The number of ether oxygens (including phenoxy) is 1. The summed E-state index contributed by atoms with van der Waals surface area (Å²) in [7, 11) is -3.18. The lowest BCUT2D eigenvalue weighted by atomic mass is 10.0. The van der Waals surface area contributed by atoms with E-state index in [-0.39, 0.29) is 5.82 Å². The van der Waals surface area contributed by atoms with Crippen LogP contribution in [0.5, 0.6) is 5.75 Å². The number of rotatable bonds is 8. The maximum absolute atomic E-state index is 14.6. The lowest BCUT2D eigenvalue weighted by Gasteiger charge is -2.27. The lowest BCUT2D eigenvalue weighted by Crippen LogP contribution is -2.35. The van der Waals surface area contributed by atoms with E-state index < -0.39 is 10.0 Å². The van der Waals surface area contributed by atoms with Crippen molar-refractivity contribution >= 4 is 10.0 Å². The number of hydrogen-bond acceptors (Lipinski definition) is 5. The Kier molecular flexibility index (Phi) is 7.05. The summed E-state index contributed by atoms with van der Waals surface area (Å²) in [5.41, 5.74) is 4.46. The van der Waals surface area contributed by atoms with Gasteiger partial charge in [0.2, 0.25) is 10.0 Å². The summed E-state index contributed by atoms with van der Waals surface area (Å²) in [5.74, 6) is 0.845. The quantitative estimate of drug-likeness (QED) is 0.463. The molecule has 4 rings (SSSR count). The molecule has 174 valence electrons. The van der Waals surface area contributed by atoms with Gasteiger partial charge in [-0.3, -0.25) is 0 Å². The summed E-state index contributed by atoms with van der Waals surface area (Å²) in [5, 5.41) is 0. The first-order chi connectivity index (χ1) is 15.8. The molecule has 1 aliphatic rings. The van der Waals surface area contributed by atoms with Gasteiger partial charge in [-0.05, 0) is 72.2 Å². The minimum absolute atomic E-state index is 0.324. The first kappa shape index (κ1) is 23.3. The van der Waals surface area contributed by atoms with Crippen molar-refractivity contribution in [3.63, 3.8) is 0 Å². The number of halogens is 1. The molecule has 1 aliphatic heterocycles. The molecule has 6 nitrogen and oxygen atoms in total. The summed E-state index contributed by atoms with van der Waals surface area (Å²) >= 11 is 0. The van der Waals surface area contributed by atoms with Crippen LogP contribution in [-0.2, 0) is 35.8 Å². The molecule has 0 radical (unpaired) electrons. The van der Waals surface area contributed by atoms with Crippen LogP contribution in [0, 0.1) is 5.82 Å². The summed E-state index contributed by atoms with van der Waals surface area (Å²) in [6.45, 7) is 3.44. The molecule has 2 heterocycles. The summed E-state index contributed by atoms with van der Waals surface area (Å²) in [6.07, 6.45) is 7.67. The van der Waals surface area contributed by atoms with Crippen molar-refractivity contribution in [2.45, 2.75) is 39.2 Å². The molecule has 0 aliphatic carbocycles. The average molecular weight is 470 g/mol.